The maximum absolute atomic E-state index is 11.0. The molecular weight excluding hydrogens is 212 g/mol. The number of aliphatic hydroxyl groups excluding tert-OH is 2. The molecule has 0 aliphatic rings. The Hall–Kier alpha value is -1.66. The molecule has 6 heteroatoms. The van der Waals surface area contributed by atoms with E-state index in [2.05, 4.69) is 9.72 Å². The number of pyridine rings is 1. The Bertz CT molecular complexity index is 394. The molecule has 0 aliphatic heterocycles. The number of anilines is 1. The number of carbonyl (C=O) groups excluding carboxylic acids is 1. The van der Waals surface area contributed by atoms with Crippen LogP contribution in [0.15, 0.2) is 12.1 Å². The molecule has 1 rings (SSSR count). The van der Waals surface area contributed by atoms with E-state index in [0.717, 1.165) is 7.11 Å². The van der Waals surface area contributed by atoms with Gasteiger partial charge >= 0.3 is 5.97 Å². The number of nitrogen functional groups attached to an aromatic ring is 1. The van der Waals surface area contributed by atoms with Gasteiger partial charge in [-0.2, -0.15) is 0 Å². The second-order valence-corrected chi connectivity index (χ2v) is 3.34. The first-order valence-corrected chi connectivity index (χ1v) is 4.64. The summed E-state index contributed by atoms with van der Waals surface area (Å²) >= 11 is 0. The molecular formula is C10H14N2O4. The minimum atomic E-state index is -1.69. The zero-order valence-electron chi connectivity index (χ0n) is 9.04. The molecule has 1 aromatic heterocycles. The van der Waals surface area contributed by atoms with E-state index < -0.39 is 18.2 Å². The number of nitrogens with two attached hydrogens (primary N) is 1. The molecule has 0 bridgehead atoms. The summed E-state index contributed by atoms with van der Waals surface area (Å²) in [4.78, 5) is 15.0. The quantitative estimate of drug-likeness (QED) is 0.602. The summed E-state index contributed by atoms with van der Waals surface area (Å²) in [5.74, 6) is -0.935. The van der Waals surface area contributed by atoms with Gasteiger partial charge in [0.15, 0.2) is 6.10 Å². The highest BCUT2D eigenvalue weighted by atomic mass is 16.5. The summed E-state index contributed by atoms with van der Waals surface area (Å²) in [6.45, 7) is 1.71. The first-order valence-electron chi connectivity index (χ1n) is 4.64. The van der Waals surface area contributed by atoms with Crippen molar-refractivity contribution in [2.24, 2.45) is 0 Å². The molecule has 2 atom stereocenters. The molecule has 0 saturated heterocycles. The minimum absolute atomic E-state index is 0.0675. The largest absolute Gasteiger partial charge is 0.467 e. The average molecular weight is 226 g/mol. The van der Waals surface area contributed by atoms with Gasteiger partial charge in [-0.25, -0.2) is 4.79 Å². The van der Waals surface area contributed by atoms with E-state index in [1.165, 1.54) is 0 Å². The smallest absolute Gasteiger partial charge is 0.337 e. The van der Waals surface area contributed by atoms with Crippen molar-refractivity contribution >= 4 is 11.7 Å². The lowest BCUT2D eigenvalue weighted by atomic mass is 10.1. The third kappa shape index (κ3) is 2.47. The topological polar surface area (TPSA) is 106 Å². The molecule has 0 fully saturated rings. The van der Waals surface area contributed by atoms with Crippen molar-refractivity contribution < 1.29 is 19.7 Å². The van der Waals surface area contributed by atoms with E-state index in [4.69, 9.17) is 5.73 Å². The van der Waals surface area contributed by atoms with E-state index in [1.54, 1.807) is 19.1 Å². The van der Waals surface area contributed by atoms with Crippen LogP contribution >= 0.6 is 0 Å². The van der Waals surface area contributed by atoms with Crippen molar-refractivity contribution in [2.45, 2.75) is 19.1 Å². The van der Waals surface area contributed by atoms with E-state index in [1.807, 2.05) is 0 Å². The summed E-state index contributed by atoms with van der Waals surface area (Å²) in [6, 6.07) is 3.21. The monoisotopic (exact) mass is 226 g/mol. The second-order valence-electron chi connectivity index (χ2n) is 3.34. The molecule has 0 spiro atoms. The van der Waals surface area contributed by atoms with Gasteiger partial charge in [-0.1, -0.05) is 0 Å². The Morgan fingerprint density at radius 1 is 1.50 bits per heavy atom. The molecule has 0 aromatic carbocycles. The van der Waals surface area contributed by atoms with Gasteiger partial charge < -0.3 is 20.7 Å². The van der Waals surface area contributed by atoms with Gasteiger partial charge in [0.25, 0.3) is 0 Å². The number of rotatable bonds is 3. The fraction of sp³-hybridized carbons (Fsp3) is 0.400. The van der Waals surface area contributed by atoms with Crippen LogP contribution < -0.4 is 5.73 Å². The Morgan fingerprint density at radius 3 is 2.69 bits per heavy atom. The van der Waals surface area contributed by atoms with E-state index in [0.29, 0.717) is 5.69 Å². The van der Waals surface area contributed by atoms with Gasteiger partial charge in [-0.3, -0.25) is 4.98 Å². The van der Waals surface area contributed by atoms with Gasteiger partial charge in [0.1, 0.15) is 6.10 Å². The number of nitrogens with zero attached hydrogens (tertiary/aromatic N) is 1. The van der Waals surface area contributed by atoms with E-state index in [-0.39, 0.29) is 11.4 Å². The van der Waals surface area contributed by atoms with Crippen molar-refractivity contribution in [3.8, 4) is 0 Å². The van der Waals surface area contributed by atoms with Gasteiger partial charge in [0.05, 0.1) is 18.5 Å². The van der Waals surface area contributed by atoms with E-state index in [9.17, 15) is 15.0 Å². The van der Waals surface area contributed by atoms with Gasteiger partial charge in [0.2, 0.25) is 0 Å². The van der Waals surface area contributed by atoms with Crippen molar-refractivity contribution in [2.75, 3.05) is 12.8 Å². The van der Waals surface area contributed by atoms with Crippen LogP contribution in [0.1, 0.15) is 17.5 Å². The Balaban J connectivity index is 2.99. The SMILES string of the molecule is COC(=O)C(O)C(O)c1nc(C)ccc1N. The third-order valence-electron chi connectivity index (χ3n) is 2.12. The number of methoxy groups -OCH3 is 1. The maximum atomic E-state index is 11.0. The lowest BCUT2D eigenvalue weighted by Crippen LogP contribution is -2.30. The second kappa shape index (κ2) is 4.91. The highest BCUT2D eigenvalue weighted by Crippen LogP contribution is 2.21. The minimum Gasteiger partial charge on any atom is -0.467 e. The standard InChI is InChI=1S/C10H14N2O4/c1-5-3-4-6(11)7(12-5)8(13)9(14)10(15)16-2/h3-4,8-9,13-14H,11H2,1-2H3. The molecule has 0 saturated carbocycles. The Labute approximate surface area is 92.7 Å². The lowest BCUT2D eigenvalue weighted by Gasteiger charge is -2.16. The molecule has 0 aliphatic carbocycles. The molecule has 0 amide bonds. The molecule has 88 valence electrons. The number of aliphatic hydroxyl groups is 2. The normalized spacial score (nSPS) is 14.2. The van der Waals surface area contributed by atoms with E-state index >= 15 is 0 Å². The first-order chi connectivity index (χ1) is 7.47. The van der Waals surface area contributed by atoms with Gasteiger partial charge in [-0.15, -0.1) is 0 Å². The van der Waals surface area contributed by atoms with Gasteiger partial charge in [-0.05, 0) is 19.1 Å². The highest BCUT2D eigenvalue weighted by Gasteiger charge is 2.29. The number of hydrogen-bond acceptors (Lipinski definition) is 6. The predicted molar refractivity (Wildman–Crippen MR) is 56.4 cm³/mol. The predicted octanol–water partition coefficient (Wildman–Crippen LogP) is -0.460. The number of hydrogen-bond donors (Lipinski definition) is 3. The third-order valence-corrected chi connectivity index (χ3v) is 2.12. The van der Waals surface area contributed by atoms with Crippen LogP contribution in [0.25, 0.3) is 0 Å². The van der Waals surface area contributed by atoms with Crippen LogP contribution in [-0.4, -0.2) is 34.4 Å². The van der Waals surface area contributed by atoms with Crippen molar-refractivity contribution in [3.05, 3.63) is 23.5 Å². The number of esters is 1. The summed E-state index contributed by atoms with van der Waals surface area (Å²) < 4.78 is 4.31. The fourth-order valence-electron chi connectivity index (χ4n) is 1.22. The first kappa shape index (κ1) is 12.4. The number of ether oxygens (including phenoxy) is 1. The number of carbonyl (C=O) groups is 1. The molecule has 2 unspecified atom stereocenters. The van der Waals surface area contributed by atoms with Crippen LogP contribution in [0.5, 0.6) is 0 Å². The molecule has 1 aromatic rings. The van der Waals surface area contributed by atoms with Crippen molar-refractivity contribution in [1.29, 1.82) is 0 Å². The van der Waals surface area contributed by atoms with Crippen LogP contribution in [-0.2, 0) is 9.53 Å². The molecule has 6 nitrogen and oxygen atoms in total. The number of aryl methyl sites for hydroxylation is 1. The lowest BCUT2D eigenvalue weighted by molar-refractivity contribution is -0.157. The Morgan fingerprint density at radius 2 is 2.12 bits per heavy atom. The van der Waals surface area contributed by atoms with Gasteiger partial charge in [0, 0.05) is 5.69 Å². The fourth-order valence-corrected chi connectivity index (χ4v) is 1.22. The average Bonchev–Trinajstić information content (AvgIpc) is 2.29. The highest BCUT2D eigenvalue weighted by molar-refractivity contribution is 5.75. The number of aromatic nitrogens is 1. The van der Waals surface area contributed by atoms with Crippen LogP contribution in [0.2, 0.25) is 0 Å². The molecule has 4 N–H and O–H groups in total. The molecule has 1 heterocycles. The summed E-state index contributed by atoms with van der Waals surface area (Å²) in [5, 5.41) is 19.1. The summed E-state index contributed by atoms with van der Waals surface area (Å²) in [7, 11) is 1.12. The zero-order valence-corrected chi connectivity index (χ0v) is 9.04. The zero-order chi connectivity index (χ0) is 12.3. The van der Waals surface area contributed by atoms with Crippen molar-refractivity contribution in [1.82, 2.24) is 4.98 Å². The van der Waals surface area contributed by atoms with Crippen LogP contribution in [0.4, 0.5) is 5.69 Å². The van der Waals surface area contributed by atoms with Crippen LogP contribution in [0, 0.1) is 6.92 Å². The summed E-state index contributed by atoms with van der Waals surface area (Å²) in [6.07, 6.45) is -3.19. The summed E-state index contributed by atoms with van der Waals surface area (Å²) in [5.41, 5.74) is 6.49. The molecule has 16 heavy (non-hydrogen) atoms. The maximum Gasteiger partial charge on any atom is 0.337 e. The van der Waals surface area contributed by atoms with Crippen molar-refractivity contribution in [3.63, 3.8) is 0 Å². The van der Waals surface area contributed by atoms with Crippen LogP contribution in [0.3, 0.4) is 0 Å². The molecule has 0 radical (unpaired) electrons. The Kier molecular flexibility index (Phi) is 3.81.